The number of nitrogens with zero attached hydrogens (tertiary/aromatic N) is 2. The molecule has 5 rings (SSSR count). The van der Waals surface area contributed by atoms with Gasteiger partial charge in [-0.1, -0.05) is 48.0 Å². The normalized spacial score (nSPS) is 13.5. The van der Waals surface area contributed by atoms with Gasteiger partial charge in [-0.2, -0.15) is 5.10 Å². The Labute approximate surface area is 245 Å². The number of aromatic nitrogens is 2. The minimum atomic E-state index is -0.781. The zero-order valence-corrected chi connectivity index (χ0v) is 24.3. The highest BCUT2D eigenvalue weighted by Crippen LogP contribution is 2.43. The third-order valence-electron chi connectivity index (χ3n) is 7.30. The van der Waals surface area contributed by atoms with Gasteiger partial charge >= 0.3 is 11.9 Å². The van der Waals surface area contributed by atoms with Crippen LogP contribution < -0.4 is 10.1 Å². The second-order valence-electron chi connectivity index (χ2n) is 10.1. The van der Waals surface area contributed by atoms with Gasteiger partial charge in [0.1, 0.15) is 12.4 Å². The van der Waals surface area contributed by atoms with Gasteiger partial charge in [-0.3, -0.25) is 0 Å². The number of aryl methyl sites for hydroxylation is 1. The summed E-state index contributed by atoms with van der Waals surface area (Å²) in [5.74, 6) is -1.16. The Balaban J connectivity index is 1.61. The standard InChI is InChI=1S/C34H33N3O5/c1-21-11-13-24(14-12-21)20-42-27-17-15-25(16-18-27)32-28(19-37(36-32)26-9-7-6-8-10-26)31-29(33(38)40-4)22(2)35-23(3)30(31)34(39)41-5/h6-19,31,35H,20H2,1-5H3. The Bertz CT molecular complexity index is 1630. The predicted molar refractivity (Wildman–Crippen MR) is 160 cm³/mol. The highest BCUT2D eigenvalue weighted by molar-refractivity contribution is 6.00. The molecule has 0 bridgehead atoms. The lowest BCUT2D eigenvalue weighted by molar-refractivity contribution is -0.137. The van der Waals surface area contributed by atoms with Crippen LogP contribution >= 0.6 is 0 Å². The van der Waals surface area contributed by atoms with Crippen molar-refractivity contribution >= 4 is 11.9 Å². The molecule has 0 atom stereocenters. The summed E-state index contributed by atoms with van der Waals surface area (Å²) in [5.41, 5.74) is 6.99. The van der Waals surface area contributed by atoms with Crippen LogP contribution in [0.1, 0.15) is 36.5 Å². The number of hydrogen-bond donors (Lipinski definition) is 1. The molecule has 2 heterocycles. The maximum absolute atomic E-state index is 13.2. The molecule has 214 valence electrons. The number of ether oxygens (including phenoxy) is 3. The third-order valence-corrected chi connectivity index (χ3v) is 7.30. The van der Waals surface area contributed by atoms with Crippen LogP contribution in [0.2, 0.25) is 0 Å². The van der Waals surface area contributed by atoms with Crippen LogP contribution in [-0.2, 0) is 25.7 Å². The van der Waals surface area contributed by atoms with E-state index in [1.165, 1.54) is 19.8 Å². The summed E-state index contributed by atoms with van der Waals surface area (Å²) in [6.07, 6.45) is 1.86. The van der Waals surface area contributed by atoms with Crippen molar-refractivity contribution in [2.24, 2.45) is 0 Å². The number of dihydropyridines is 1. The first-order valence-electron chi connectivity index (χ1n) is 13.6. The van der Waals surface area contributed by atoms with E-state index in [2.05, 4.69) is 24.4 Å². The zero-order chi connectivity index (χ0) is 29.8. The fourth-order valence-corrected chi connectivity index (χ4v) is 5.16. The van der Waals surface area contributed by atoms with E-state index in [-0.39, 0.29) is 0 Å². The quantitative estimate of drug-likeness (QED) is 0.263. The number of carbonyl (C=O) groups is 2. The number of allylic oxidation sites excluding steroid dienone is 2. The molecule has 0 unspecified atom stereocenters. The van der Waals surface area contributed by atoms with Crippen LogP contribution in [0.3, 0.4) is 0 Å². The minimum Gasteiger partial charge on any atom is -0.489 e. The maximum atomic E-state index is 13.2. The number of esters is 2. The van der Waals surface area contributed by atoms with Gasteiger partial charge in [0.05, 0.1) is 42.7 Å². The van der Waals surface area contributed by atoms with Gasteiger partial charge in [-0.15, -0.1) is 0 Å². The second-order valence-corrected chi connectivity index (χ2v) is 10.1. The van der Waals surface area contributed by atoms with Gasteiger partial charge in [0.25, 0.3) is 0 Å². The Morgan fingerprint density at radius 3 is 1.98 bits per heavy atom. The van der Waals surface area contributed by atoms with Crippen LogP contribution in [0.25, 0.3) is 16.9 Å². The van der Waals surface area contributed by atoms with Crippen molar-refractivity contribution in [2.75, 3.05) is 14.2 Å². The molecule has 1 aromatic heterocycles. The van der Waals surface area contributed by atoms with E-state index in [1.807, 2.05) is 72.9 Å². The fourth-order valence-electron chi connectivity index (χ4n) is 5.16. The summed E-state index contributed by atoms with van der Waals surface area (Å²) in [6, 6.07) is 25.5. The highest BCUT2D eigenvalue weighted by Gasteiger charge is 2.40. The van der Waals surface area contributed by atoms with E-state index in [0.717, 1.165) is 16.8 Å². The molecule has 4 aromatic rings. The van der Waals surface area contributed by atoms with Gasteiger partial charge in [-0.25, -0.2) is 14.3 Å². The Morgan fingerprint density at radius 1 is 0.810 bits per heavy atom. The van der Waals surface area contributed by atoms with E-state index in [4.69, 9.17) is 19.3 Å². The van der Waals surface area contributed by atoms with E-state index in [0.29, 0.717) is 46.2 Å². The lowest BCUT2D eigenvalue weighted by Crippen LogP contribution is -2.32. The summed E-state index contributed by atoms with van der Waals surface area (Å²) in [6.45, 7) is 6.08. The van der Waals surface area contributed by atoms with Crippen molar-refractivity contribution < 1.29 is 23.8 Å². The van der Waals surface area contributed by atoms with Gasteiger partial charge in [0.2, 0.25) is 0 Å². The molecule has 0 aliphatic carbocycles. The molecule has 1 aliphatic heterocycles. The van der Waals surface area contributed by atoms with Crippen molar-refractivity contribution in [3.63, 3.8) is 0 Å². The Morgan fingerprint density at radius 2 is 1.40 bits per heavy atom. The van der Waals surface area contributed by atoms with E-state index < -0.39 is 17.9 Å². The van der Waals surface area contributed by atoms with Gasteiger partial charge in [-0.05, 0) is 62.7 Å². The van der Waals surface area contributed by atoms with Crippen molar-refractivity contribution in [1.29, 1.82) is 0 Å². The molecule has 0 radical (unpaired) electrons. The highest BCUT2D eigenvalue weighted by atomic mass is 16.5. The van der Waals surface area contributed by atoms with Crippen molar-refractivity contribution in [3.8, 4) is 22.7 Å². The topological polar surface area (TPSA) is 91.7 Å². The first-order chi connectivity index (χ1) is 20.3. The molecular formula is C34H33N3O5. The zero-order valence-electron chi connectivity index (χ0n) is 24.3. The summed E-state index contributed by atoms with van der Waals surface area (Å²) < 4.78 is 18.1. The molecule has 42 heavy (non-hydrogen) atoms. The average Bonchev–Trinajstić information content (AvgIpc) is 3.46. The lowest BCUT2D eigenvalue weighted by Gasteiger charge is -2.29. The summed E-state index contributed by atoms with van der Waals surface area (Å²) >= 11 is 0. The van der Waals surface area contributed by atoms with Crippen LogP contribution in [0.4, 0.5) is 0 Å². The van der Waals surface area contributed by atoms with Crippen molar-refractivity contribution in [1.82, 2.24) is 15.1 Å². The molecule has 1 aliphatic rings. The molecular weight excluding hydrogens is 530 g/mol. The van der Waals surface area contributed by atoms with E-state index in [1.54, 1.807) is 18.5 Å². The smallest absolute Gasteiger partial charge is 0.336 e. The van der Waals surface area contributed by atoms with Crippen LogP contribution in [0.5, 0.6) is 5.75 Å². The van der Waals surface area contributed by atoms with Crippen LogP contribution in [0.15, 0.2) is 108 Å². The number of carbonyl (C=O) groups excluding carboxylic acids is 2. The Hall–Kier alpha value is -5.11. The second kappa shape index (κ2) is 12.2. The molecule has 3 aromatic carbocycles. The molecule has 0 saturated carbocycles. The van der Waals surface area contributed by atoms with Gasteiger partial charge in [0, 0.05) is 28.7 Å². The van der Waals surface area contributed by atoms with Crippen LogP contribution in [0, 0.1) is 6.92 Å². The molecule has 0 amide bonds. The molecule has 0 saturated heterocycles. The summed E-state index contributed by atoms with van der Waals surface area (Å²) in [4.78, 5) is 26.3. The number of nitrogens with one attached hydrogen (secondary N) is 1. The fraction of sp³-hybridized carbons (Fsp3) is 0.206. The molecule has 0 spiro atoms. The van der Waals surface area contributed by atoms with Gasteiger partial charge < -0.3 is 19.5 Å². The lowest BCUT2D eigenvalue weighted by atomic mass is 9.79. The predicted octanol–water partition coefficient (Wildman–Crippen LogP) is 6.01. The largest absolute Gasteiger partial charge is 0.489 e. The van der Waals surface area contributed by atoms with E-state index in [9.17, 15) is 9.59 Å². The molecule has 8 nitrogen and oxygen atoms in total. The van der Waals surface area contributed by atoms with E-state index >= 15 is 0 Å². The van der Waals surface area contributed by atoms with Gasteiger partial charge in [0.15, 0.2) is 0 Å². The number of benzene rings is 3. The SMILES string of the molecule is COC(=O)C1=C(C)NC(C)=C(C(=O)OC)C1c1cn(-c2ccccc2)nc1-c1ccc(OCc2ccc(C)cc2)cc1. The summed E-state index contributed by atoms with van der Waals surface area (Å²) in [7, 11) is 2.65. The number of rotatable bonds is 8. The van der Waals surface area contributed by atoms with Crippen LogP contribution in [-0.4, -0.2) is 35.9 Å². The Kier molecular flexibility index (Phi) is 8.24. The monoisotopic (exact) mass is 563 g/mol. The first kappa shape index (κ1) is 28.4. The average molecular weight is 564 g/mol. The molecule has 1 N–H and O–H groups in total. The number of hydrogen-bond acceptors (Lipinski definition) is 7. The minimum absolute atomic E-state index is 0.315. The number of methoxy groups -OCH3 is 2. The number of para-hydroxylation sites is 1. The summed E-state index contributed by atoms with van der Waals surface area (Å²) in [5, 5.41) is 8.11. The third kappa shape index (κ3) is 5.69. The maximum Gasteiger partial charge on any atom is 0.336 e. The molecule has 0 fully saturated rings. The van der Waals surface area contributed by atoms with Crippen molar-refractivity contribution in [3.05, 3.63) is 124 Å². The van der Waals surface area contributed by atoms with Crippen molar-refractivity contribution in [2.45, 2.75) is 33.3 Å². The first-order valence-corrected chi connectivity index (χ1v) is 13.6. The molecule has 8 heteroatoms.